The van der Waals surface area contributed by atoms with Gasteiger partial charge in [-0.3, -0.25) is 4.79 Å². The van der Waals surface area contributed by atoms with E-state index < -0.39 is 43.4 Å². The summed E-state index contributed by atoms with van der Waals surface area (Å²) in [4.78, 5) is 12.8. The molecule has 1 aliphatic heterocycles. The molecule has 4 N–H and O–H groups in total. The Kier molecular flexibility index (Phi) is 42.1. The molecule has 366 valence electrons. The molecule has 0 saturated carbocycles. The van der Waals surface area contributed by atoms with Crippen molar-refractivity contribution < 1.29 is 44.2 Å². The average molecular weight is 889 g/mol. The van der Waals surface area contributed by atoms with Crippen LogP contribution in [0.4, 0.5) is 0 Å². The van der Waals surface area contributed by atoms with Gasteiger partial charge in [0.1, 0.15) is 30.5 Å². The Morgan fingerprint density at radius 2 is 0.921 bits per heavy atom. The summed E-state index contributed by atoms with van der Waals surface area (Å²) in [5.74, 6) is -0.330. The lowest BCUT2D eigenvalue weighted by Crippen LogP contribution is -2.59. The summed E-state index contributed by atoms with van der Waals surface area (Å²) in [5, 5.41) is 40.2. The number of unbranched alkanes of at least 4 members (excludes halogenated alkanes) is 23. The first-order chi connectivity index (χ1) is 30.9. The van der Waals surface area contributed by atoms with Gasteiger partial charge in [-0.2, -0.15) is 0 Å². The minimum absolute atomic E-state index is 0.123. The number of aliphatic hydroxyl groups is 4. The number of carbonyl (C=O) groups excluding carboxylic acids is 1. The Morgan fingerprint density at radius 3 is 1.40 bits per heavy atom. The standard InChI is InChI=1S/C54H96O9/c1-3-5-7-9-11-13-15-17-19-21-22-23-24-25-26-27-28-30-32-34-36-38-40-42-44-60-46-48(47-61-54-53(59)52(58)51(57)49(45-55)63-54)62-50(56)43-41-39-37-35-33-31-29-20-18-16-14-12-10-8-6-4-2/h14-17,20-22,24-25,29,48-49,51-55,57-59H,3-13,18-19,23,26-28,30-47H2,1-2H3/b16-14-,17-15-,22-21-,25-24-,29-20-. The molecule has 1 saturated heterocycles. The number of esters is 1. The number of carbonyl (C=O) groups is 1. The van der Waals surface area contributed by atoms with Crippen molar-refractivity contribution in [3.8, 4) is 0 Å². The molecule has 0 aromatic carbocycles. The molecule has 0 amide bonds. The fourth-order valence-corrected chi connectivity index (χ4v) is 7.59. The van der Waals surface area contributed by atoms with Crippen molar-refractivity contribution in [2.45, 2.75) is 250 Å². The van der Waals surface area contributed by atoms with E-state index in [2.05, 4.69) is 74.6 Å². The van der Waals surface area contributed by atoms with E-state index in [4.69, 9.17) is 18.9 Å². The van der Waals surface area contributed by atoms with Gasteiger partial charge in [-0.25, -0.2) is 0 Å². The maximum absolute atomic E-state index is 12.8. The molecule has 1 rings (SSSR count). The summed E-state index contributed by atoms with van der Waals surface area (Å²) in [6, 6.07) is 0. The van der Waals surface area contributed by atoms with Gasteiger partial charge < -0.3 is 39.4 Å². The van der Waals surface area contributed by atoms with Crippen LogP contribution in [0.5, 0.6) is 0 Å². The van der Waals surface area contributed by atoms with E-state index in [1.54, 1.807) is 0 Å². The summed E-state index contributed by atoms with van der Waals surface area (Å²) in [6.45, 7) is 4.51. The normalized spacial score (nSPS) is 20.1. The predicted molar refractivity (Wildman–Crippen MR) is 261 cm³/mol. The second-order valence-electron chi connectivity index (χ2n) is 17.6. The maximum atomic E-state index is 12.8. The largest absolute Gasteiger partial charge is 0.457 e. The van der Waals surface area contributed by atoms with Crippen LogP contribution in [-0.4, -0.2) is 89.6 Å². The quantitative estimate of drug-likeness (QED) is 0.0268. The highest BCUT2D eigenvalue weighted by Crippen LogP contribution is 2.23. The number of allylic oxidation sites excluding steroid dienone is 10. The lowest BCUT2D eigenvalue weighted by molar-refractivity contribution is -0.305. The molecule has 1 heterocycles. The molecule has 0 radical (unpaired) electrons. The number of rotatable bonds is 44. The Balaban J connectivity index is 2.21. The van der Waals surface area contributed by atoms with Gasteiger partial charge >= 0.3 is 5.97 Å². The van der Waals surface area contributed by atoms with Gasteiger partial charge in [0.25, 0.3) is 0 Å². The van der Waals surface area contributed by atoms with Crippen molar-refractivity contribution in [3.63, 3.8) is 0 Å². The minimum Gasteiger partial charge on any atom is -0.457 e. The zero-order valence-electron chi connectivity index (χ0n) is 40.3. The molecule has 6 unspecified atom stereocenters. The lowest BCUT2D eigenvalue weighted by Gasteiger charge is -2.39. The molecular weight excluding hydrogens is 793 g/mol. The third-order valence-electron chi connectivity index (χ3n) is 11.7. The van der Waals surface area contributed by atoms with E-state index in [1.807, 2.05) is 0 Å². The number of hydrogen-bond acceptors (Lipinski definition) is 9. The molecule has 0 aromatic heterocycles. The highest BCUT2D eigenvalue weighted by Gasteiger charge is 2.44. The first-order valence-electron chi connectivity index (χ1n) is 25.9. The number of hydrogen-bond donors (Lipinski definition) is 4. The number of aliphatic hydroxyl groups excluding tert-OH is 4. The topological polar surface area (TPSA) is 135 Å². The van der Waals surface area contributed by atoms with Crippen LogP contribution in [0.3, 0.4) is 0 Å². The number of ether oxygens (including phenoxy) is 4. The lowest BCUT2D eigenvalue weighted by atomic mass is 9.99. The van der Waals surface area contributed by atoms with Crippen LogP contribution >= 0.6 is 0 Å². The Morgan fingerprint density at radius 1 is 0.508 bits per heavy atom. The van der Waals surface area contributed by atoms with E-state index in [1.165, 1.54) is 122 Å². The molecule has 6 atom stereocenters. The smallest absolute Gasteiger partial charge is 0.306 e. The molecule has 9 heteroatoms. The SMILES string of the molecule is CCCCCC/C=C\C/C=C\CCCCCCCC(=O)OC(COCCCCCCCCCCC/C=C\C/C=C\C/C=C\CCCCCCC)COC1OC(CO)C(O)C(O)C1O. The van der Waals surface area contributed by atoms with Crippen LogP contribution in [0.1, 0.15) is 213 Å². The van der Waals surface area contributed by atoms with Crippen molar-refractivity contribution in [1.82, 2.24) is 0 Å². The van der Waals surface area contributed by atoms with E-state index in [9.17, 15) is 25.2 Å². The third kappa shape index (κ3) is 35.8. The van der Waals surface area contributed by atoms with Crippen LogP contribution in [0.2, 0.25) is 0 Å². The predicted octanol–water partition coefficient (Wildman–Crippen LogP) is 12.6. The van der Waals surface area contributed by atoms with Crippen molar-refractivity contribution in [2.24, 2.45) is 0 Å². The van der Waals surface area contributed by atoms with Crippen molar-refractivity contribution >= 4 is 5.97 Å². The van der Waals surface area contributed by atoms with Crippen LogP contribution in [0.15, 0.2) is 60.8 Å². The molecule has 0 bridgehead atoms. The van der Waals surface area contributed by atoms with Gasteiger partial charge in [-0.1, -0.05) is 184 Å². The Labute approximate surface area is 385 Å². The maximum Gasteiger partial charge on any atom is 0.306 e. The molecular formula is C54H96O9. The summed E-state index contributed by atoms with van der Waals surface area (Å²) < 4.78 is 22.9. The zero-order valence-corrected chi connectivity index (χ0v) is 40.3. The summed E-state index contributed by atoms with van der Waals surface area (Å²) in [5.41, 5.74) is 0. The van der Waals surface area contributed by atoms with Gasteiger partial charge in [0, 0.05) is 13.0 Å². The van der Waals surface area contributed by atoms with E-state index >= 15 is 0 Å². The molecule has 0 aliphatic carbocycles. The van der Waals surface area contributed by atoms with E-state index in [0.717, 1.165) is 70.6 Å². The van der Waals surface area contributed by atoms with Gasteiger partial charge in [-0.05, 0) is 83.5 Å². The second-order valence-corrected chi connectivity index (χ2v) is 17.6. The van der Waals surface area contributed by atoms with Crippen molar-refractivity contribution in [1.29, 1.82) is 0 Å². The van der Waals surface area contributed by atoms with E-state index in [-0.39, 0.29) is 19.2 Å². The van der Waals surface area contributed by atoms with Gasteiger partial charge in [0.15, 0.2) is 6.29 Å². The zero-order chi connectivity index (χ0) is 45.7. The molecule has 63 heavy (non-hydrogen) atoms. The monoisotopic (exact) mass is 889 g/mol. The van der Waals surface area contributed by atoms with Gasteiger partial charge in [-0.15, -0.1) is 0 Å². The second kappa shape index (κ2) is 45.1. The molecule has 1 fully saturated rings. The fraction of sp³-hybridized carbons (Fsp3) is 0.796. The Bertz CT molecular complexity index is 1150. The van der Waals surface area contributed by atoms with E-state index in [0.29, 0.717) is 13.0 Å². The Hall–Kier alpha value is -2.11. The third-order valence-corrected chi connectivity index (χ3v) is 11.7. The molecule has 0 aromatic rings. The van der Waals surface area contributed by atoms with Gasteiger partial charge in [0.2, 0.25) is 0 Å². The molecule has 0 spiro atoms. The molecule has 1 aliphatic rings. The fourth-order valence-electron chi connectivity index (χ4n) is 7.59. The van der Waals surface area contributed by atoms with Crippen LogP contribution in [0, 0.1) is 0 Å². The van der Waals surface area contributed by atoms with Crippen molar-refractivity contribution in [2.75, 3.05) is 26.4 Å². The van der Waals surface area contributed by atoms with Crippen LogP contribution in [-0.2, 0) is 23.7 Å². The van der Waals surface area contributed by atoms with Crippen LogP contribution in [0.25, 0.3) is 0 Å². The summed E-state index contributed by atoms with van der Waals surface area (Å²) in [6.07, 6.45) is 51.1. The van der Waals surface area contributed by atoms with Gasteiger partial charge in [0.05, 0.1) is 19.8 Å². The minimum atomic E-state index is -1.54. The highest BCUT2D eigenvalue weighted by atomic mass is 16.7. The van der Waals surface area contributed by atoms with Crippen molar-refractivity contribution in [3.05, 3.63) is 60.8 Å². The average Bonchev–Trinajstić information content (AvgIpc) is 3.28. The summed E-state index contributed by atoms with van der Waals surface area (Å²) in [7, 11) is 0. The van der Waals surface area contributed by atoms with Crippen LogP contribution < -0.4 is 0 Å². The molecule has 9 nitrogen and oxygen atoms in total. The highest BCUT2D eigenvalue weighted by molar-refractivity contribution is 5.69. The first kappa shape index (κ1) is 58.9. The first-order valence-corrected chi connectivity index (χ1v) is 25.9. The summed E-state index contributed by atoms with van der Waals surface area (Å²) >= 11 is 0.